The first-order chi connectivity index (χ1) is 9.86. The van der Waals surface area contributed by atoms with Crippen LogP contribution in [-0.2, 0) is 0 Å². The third-order valence-corrected chi connectivity index (χ3v) is 3.13. The maximum atomic E-state index is 12.2. The van der Waals surface area contributed by atoms with Crippen molar-refractivity contribution < 1.29 is 19.8 Å². The standard InChI is InChI=1S/C14H19ClN2O4/c1-9(2)17(6-3-7-18)14(21)16-12-8-10(15)4-5-11(12)13(19)20/h4-5,8-9,18H,3,6-7H2,1-2H3,(H,16,21)(H,19,20). The number of halogens is 1. The fourth-order valence-electron chi connectivity index (χ4n) is 1.83. The number of rotatable bonds is 6. The molecule has 1 rings (SSSR count). The number of hydrogen-bond acceptors (Lipinski definition) is 3. The molecular weight excluding hydrogens is 296 g/mol. The lowest BCUT2D eigenvalue weighted by atomic mass is 10.2. The Morgan fingerprint density at radius 3 is 2.57 bits per heavy atom. The van der Waals surface area contributed by atoms with Gasteiger partial charge in [-0.15, -0.1) is 0 Å². The Balaban J connectivity index is 2.95. The van der Waals surface area contributed by atoms with E-state index < -0.39 is 12.0 Å². The highest BCUT2D eigenvalue weighted by Gasteiger charge is 2.19. The molecule has 0 bridgehead atoms. The first-order valence-corrected chi connectivity index (χ1v) is 6.96. The van der Waals surface area contributed by atoms with Crippen molar-refractivity contribution in [2.45, 2.75) is 26.3 Å². The van der Waals surface area contributed by atoms with Gasteiger partial charge >= 0.3 is 12.0 Å². The van der Waals surface area contributed by atoms with Gasteiger partial charge in [-0.1, -0.05) is 11.6 Å². The van der Waals surface area contributed by atoms with Crippen LogP contribution in [0.1, 0.15) is 30.6 Å². The number of nitrogens with one attached hydrogen (secondary N) is 1. The molecule has 1 aromatic rings. The topological polar surface area (TPSA) is 89.9 Å². The van der Waals surface area contributed by atoms with Crippen LogP contribution in [0, 0.1) is 0 Å². The number of aliphatic hydroxyl groups is 1. The quantitative estimate of drug-likeness (QED) is 0.753. The molecule has 0 saturated heterocycles. The average molecular weight is 315 g/mol. The minimum Gasteiger partial charge on any atom is -0.478 e. The van der Waals surface area contributed by atoms with Crippen LogP contribution in [0.2, 0.25) is 5.02 Å². The number of carbonyl (C=O) groups excluding carboxylic acids is 1. The van der Waals surface area contributed by atoms with Crippen molar-refractivity contribution in [2.24, 2.45) is 0 Å². The summed E-state index contributed by atoms with van der Waals surface area (Å²) in [6.45, 7) is 4.04. The molecule has 116 valence electrons. The lowest BCUT2D eigenvalue weighted by molar-refractivity contribution is 0.0698. The zero-order chi connectivity index (χ0) is 16.0. The second-order valence-corrected chi connectivity index (χ2v) is 5.23. The smallest absolute Gasteiger partial charge is 0.337 e. The number of anilines is 1. The predicted molar refractivity (Wildman–Crippen MR) is 81.0 cm³/mol. The molecule has 0 atom stereocenters. The van der Waals surface area contributed by atoms with Crippen molar-refractivity contribution >= 4 is 29.3 Å². The van der Waals surface area contributed by atoms with Gasteiger partial charge in [0.25, 0.3) is 0 Å². The number of nitrogens with zero attached hydrogens (tertiary/aromatic N) is 1. The van der Waals surface area contributed by atoms with Gasteiger partial charge in [-0.2, -0.15) is 0 Å². The maximum Gasteiger partial charge on any atom is 0.337 e. The summed E-state index contributed by atoms with van der Waals surface area (Å²) in [4.78, 5) is 24.9. The highest BCUT2D eigenvalue weighted by molar-refractivity contribution is 6.31. The summed E-state index contributed by atoms with van der Waals surface area (Å²) in [6.07, 6.45) is 0.451. The second kappa shape index (κ2) is 7.85. The third kappa shape index (κ3) is 4.91. The minimum absolute atomic E-state index is 0.0198. The summed E-state index contributed by atoms with van der Waals surface area (Å²) >= 11 is 5.84. The first-order valence-electron chi connectivity index (χ1n) is 6.58. The molecule has 2 amide bonds. The fourth-order valence-corrected chi connectivity index (χ4v) is 2.00. The highest BCUT2D eigenvalue weighted by atomic mass is 35.5. The number of carbonyl (C=O) groups is 2. The molecule has 0 aliphatic heterocycles. The molecule has 0 aliphatic carbocycles. The number of amides is 2. The zero-order valence-electron chi connectivity index (χ0n) is 12.0. The first kappa shape index (κ1) is 17.3. The van der Waals surface area contributed by atoms with E-state index in [1.54, 1.807) is 0 Å². The maximum absolute atomic E-state index is 12.2. The van der Waals surface area contributed by atoms with Crippen LogP contribution in [0.4, 0.5) is 10.5 Å². The molecule has 6 nitrogen and oxygen atoms in total. The number of urea groups is 1. The summed E-state index contributed by atoms with van der Waals surface area (Å²) in [7, 11) is 0. The fraction of sp³-hybridized carbons (Fsp3) is 0.429. The third-order valence-electron chi connectivity index (χ3n) is 2.89. The van der Waals surface area contributed by atoms with Crippen LogP contribution in [-0.4, -0.2) is 46.3 Å². The SMILES string of the molecule is CC(C)N(CCCO)C(=O)Nc1cc(Cl)ccc1C(=O)O. The zero-order valence-corrected chi connectivity index (χ0v) is 12.7. The summed E-state index contributed by atoms with van der Waals surface area (Å²) in [5.74, 6) is -1.14. The van der Waals surface area contributed by atoms with Crippen LogP contribution < -0.4 is 5.32 Å². The van der Waals surface area contributed by atoms with Gasteiger partial charge in [0.2, 0.25) is 0 Å². The van der Waals surface area contributed by atoms with Crippen LogP contribution in [0.5, 0.6) is 0 Å². The molecule has 0 saturated carbocycles. The summed E-state index contributed by atoms with van der Waals surface area (Å²) in [5.41, 5.74) is 0.119. The summed E-state index contributed by atoms with van der Waals surface area (Å²) in [6, 6.07) is 3.68. The van der Waals surface area contributed by atoms with Gasteiger partial charge in [0.05, 0.1) is 11.3 Å². The lowest BCUT2D eigenvalue weighted by Gasteiger charge is -2.27. The van der Waals surface area contributed by atoms with Crippen molar-refractivity contribution in [3.05, 3.63) is 28.8 Å². The molecule has 0 heterocycles. The van der Waals surface area contributed by atoms with Crippen molar-refractivity contribution in [3.63, 3.8) is 0 Å². The lowest BCUT2D eigenvalue weighted by Crippen LogP contribution is -2.41. The average Bonchev–Trinajstić information content (AvgIpc) is 2.38. The molecule has 0 aliphatic rings. The van der Waals surface area contributed by atoms with Crippen LogP contribution in [0.25, 0.3) is 0 Å². The Hall–Kier alpha value is -1.79. The van der Waals surface area contributed by atoms with Crippen LogP contribution >= 0.6 is 11.6 Å². The number of aliphatic hydroxyl groups excluding tert-OH is 1. The van der Waals surface area contributed by atoms with Gasteiger partial charge in [-0.05, 0) is 38.5 Å². The minimum atomic E-state index is -1.14. The number of carboxylic acid groups (broad SMARTS) is 1. The van der Waals surface area contributed by atoms with Gasteiger partial charge < -0.3 is 20.4 Å². The molecule has 1 aromatic carbocycles. The molecule has 0 radical (unpaired) electrons. The molecular formula is C14H19ClN2O4. The highest BCUT2D eigenvalue weighted by Crippen LogP contribution is 2.22. The Morgan fingerprint density at radius 2 is 2.05 bits per heavy atom. The van der Waals surface area contributed by atoms with E-state index in [0.717, 1.165) is 0 Å². The Kier molecular flexibility index (Phi) is 6.45. The van der Waals surface area contributed by atoms with Gasteiger partial charge in [-0.3, -0.25) is 0 Å². The van der Waals surface area contributed by atoms with E-state index in [4.69, 9.17) is 21.8 Å². The van der Waals surface area contributed by atoms with Gasteiger partial charge in [0.1, 0.15) is 0 Å². The van der Waals surface area contributed by atoms with E-state index in [2.05, 4.69) is 5.32 Å². The van der Waals surface area contributed by atoms with E-state index in [1.807, 2.05) is 13.8 Å². The van der Waals surface area contributed by atoms with Crippen LogP contribution in [0.15, 0.2) is 18.2 Å². The van der Waals surface area contributed by atoms with Gasteiger partial charge in [0.15, 0.2) is 0 Å². The molecule has 7 heteroatoms. The van der Waals surface area contributed by atoms with Crippen molar-refractivity contribution in [3.8, 4) is 0 Å². The van der Waals surface area contributed by atoms with Crippen molar-refractivity contribution in [1.29, 1.82) is 0 Å². The monoisotopic (exact) mass is 314 g/mol. The largest absolute Gasteiger partial charge is 0.478 e. The van der Waals surface area contributed by atoms with E-state index in [9.17, 15) is 9.59 Å². The Labute approximate surface area is 128 Å². The normalized spacial score (nSPS) is 10.5. The molecule has 0 fully saturated rings. The van der Waals surface area contributed by atoms with Crippen molar-refractivity contribution in [1.82, 2.24) is 4.90 Å². The number of benzene rings is 1. The Bertz CT molecular complexity index is 520. The summed E-state index contributed by atoms with van der Waals surface area (Å²) in [5, 5.41) is 20.9. The number of carboxylic acids is 1. The molecule has 21 heavy (non-hydrogen) atoms. The molecule has 0 aromatic heterocycles. The van der Waals surface area contributed by atoms with Crippen molar-refractivity contribution in [2.75, 3.05) is 18.5 Å². The number of aromatic carboxylic acids is 1. The van der Waals surface area contributed by atoms with E-state index in [-0.39, 0.29) is 23.9 Å². The van der Waals surface area contributed by atoms with Gasteiger partial charge in [0, 0.05) is 24.2 Å². The van der Waals surface area contributed by atoms with E-state index in [1.165, 1.54) is 23.1 Å². The van der Waals surface area contributed by atoms with Gasteiger partial charge in [-0.25, -0.2) is 9.59 Å². The Morgan fingerprint density at radius 1 is 1.38 bits per heavy atom. The predicted octanol–water partition coefficient (Wildman–Crippen LogP) is 2.66. The van der Waals surface area contributed by atoms with Crippen LogP contribution in [0.3, 0.4) is 0 Å². The van der Waals surface area contributed by atoms with E-state index in [0.29, 0.717) is 18.0 Å². The molecule has 3 N–H and O–H groups in total. The second-order valence-electron chi connectivity index (χ2n) is 4.79. The summed E-state index contributed by atoms with van der Waals surface area (Å²) < 4.78 is 0. The van der Waals surface area contributed by atoms with E-state index >= 15 is 0 Å². The molecule has 0 spiro atoms. The molecule has 0 unspecified atom stereocenters. The number of hydrogen-bond donors (Lipinski definition) is 3.